The van der Waals surface area contributed by atoms with Crippen molar-refractivity contribution >= 4 is 10.9 Å². The Bertz CT molecular complexity index is 313. The normalized spacial score (nSPS) is 9.70. The summed E-state index contributed by atoms with van der Waals surface area (Å²) in [6.07, 6.45) is 0. The minimum Gasteiger partial charge on any atom is -0.358 e. The summed E-state index contributed by atoms with van der Waals surface area (Å²) in [5.41, 5.74) is 2.32. The van der Waals surface area contributed by atoms with Crippen molar-refractivity contribution in [3.63, 3.8) is 0 Å². The predicted molar refractivity (Wildman–Crippen MR) is 40.7 cm³/mol. The first-order chi connectivity index (χ1) is 4.86. The van der Waals surface area contributed by atoms with E-state index in [-0.39, 0.29) is 0 Å². The molecule has 0 radical (unpaired) electrons. The molecule has 1 heteroatoms. The topological polar surface area (TPSA) is 15.8 Å². The molecule has 1 nitrogen and oxygen atoms in total. The Hall–Kier alpha value is -1.42. The first kappa shape index (κ1) is 5.37. The van der Waals surface area contributed by atoms with E-state index in [0.29, 0.717) is 0 Å². The second kappa shape index (κ2) is 1.78. The van der Waals surface area contributed by atoms with Gasteiger partial charge in [-0.1, -0.05) is 12.1 Å². The van der Waals surface area contributed by atoms with Crippen LogP contribution in [-0.2, 0) is 0 Å². The van der Waals surface area contributed by atoms with Crippen LogP contribution in [0.25, 0.3) is 10.9 Å². The summed E-state index contributed by atoms with van der Waals surface area (Å²) in [6.45, 7) is 2.04. The summed E-state index contributed by atoms with van der Waals surface area (Å²) in [5.74, 6) is 0. The lowest BCUT2D eigenvalue weighted by Gasteiger charge is -1.78. The Balaban J connectivity index is 2.88. The maximum atomic E-state index is 3.21. The molecular weight excluding hydrogens is 122 g/mol. The lowest BCUT2D eigenvalue weighted by Crippen LogP contribution is -1.64. The molecule has 1 aromatic carbocycles. The van der Waals surface area contributed by atoms with E-state index in [2.05, 4.69) is 23.2 Å². The molecule has 1 N–H and O–H groups in total. The molecule has 1 aromatic heterocycles. The van der Waals surface area contributed by atoms with Gasteiger partial charge >= 0.3 is 0 Å². The summed E-state index contributed by atoms with van der Waals surface area (Å²) in [7, 11) is 0. The molecule has 10 heavy (non-hydrogen) atoms. The molecule has 0 spiro atoms. The number of rotatable bonds is 0. The Morgan fingerprint density at radius 2 is 2.10 bits per heavy atom. The summed E-state index contributed by atoms with van der Waals surface area (Å²) in [5, 5.41) is 1.20. The number of hydrogen-bond donors (Lipinski definition) is 1. The molecule has 0 fully saturated rings. The monoisotopic (exact) mass is 129 g/mol. The minimum absolute atomic E-state index is 1.14. The van der Waals surface area contributed by atoms with E-state index >= 15 is 0 Å². The smallest absolute Gasteiger partial charge is 0.0547 e. The molecule has 2 rings (SSSR count). The first-order valence-electron chi connectivity index (χ1n) is 3.23. The van der Waals surface area contributed by atoms with Crippen molar-refractivity contribution in [2.24, 2.45) is 0 Å². The third-order valence-corrected chi connectivity index (χ3v) is 1.54. The highest BCUT2D eigenvalue weighted by atomic mass is 14.7. The van der Waals surface area contributed by atoms with E-state index < -0.39 is 0 Å². The van der Waals surface area contributed by atoms with Gasteiger partial charge in [0.1, 0.15) is 0 Å². The molecule has 0 aliphatic carbocycles. The third kappa shape index (κ3) is 0.663. The molecule has 0 saturated carbocycles. The molecule has 0 aliphatic rings. The van der Waals surface area contributed by atoms with Gasteiger partial charge in [0.25, 0.3) is 0 Å². The van der Waals surface area contributed by atoms with E-state index in [1.54, 1.807) is 0 Å². The number of H-pyrrole nitrogens is 1. The first-order valence-corrected chi connectivity index (χ1v) is 3.23. The van der Waals surface area contributed by atoms with Crippen LogP contribution in [0.5, 0.6) is 0 Å². The van der Waals surface area contributed by atoms with Crippen molar-refractivity contribution in [2.45, 2.75) is 6.92 Å². The number of aromatic amines is 1. The molecule has 0 amide bonds. The zero-order valence-corrected chi connectivity index (χ0v) is 5.73. The summed E-state index contributed by atoms with van der Waals surface area (Å²) in [6, 6.07) is 11.7. The van der Waals surface area contributed by atoms with Crippen LogP contribution in [0.1, 0.15) is 5.69 Å². The number of aromatic nitrogens is 1. The maximum absolute atomic E-state index is 3.21. The highest BCUT2D eigenvalue weighted by Gasteiger charge is 1.91. The van der Waals surface area contributed by atoms with E-state index in [4.69, 9.17) is 0 Å². The third-order valence-electron chi connectivity index (χ3n) is 1.54. The largest absolute Gasteiger partial charge is 0.358 e. The number of nitrogens with one attached hydrogen (secondary N) is 1. The molecule has 48 valence electrons. The van der Waals surface area contributed by atoms with Gasteiger partial charge in [0.2, 0.25) is 0 Å². The summed E-state index contributed by atoms with van der Waals surface area (Å²) in [4.78, 5) is 3.21. The van der Waals surface area contributed by atoms with Gasteiger partial charge in [-0.25, -0.2) is 0 Å². The predicted octanol–water partition coefficient (Wildman–Crippen LogP) is 2.08. The van der Waals surface area contributed by atoms with Crippen molar-refractivity contribution < 1.29 is 0 Å². The van der Waals surface area contributed by atoms with Gasteiger partial charge in [-0.2, -0.15) is 0 Å². The number of fused-ring (bicyclic) bond motifs is 1. The zero-order chi connectivity index (χ0) is 6.97. The number of hydrogen-bond acceptors (Lipinski definition) is 0. The van der Waals surface area contributed by atoms with Gasteiger partial charge in [0.05, 0.1) is 5.52 Å². The van der Waals surface area contributed by atoms with Crippen LogP contribution in [0, 0.1) is 19.1 Å². The maximum Gasteiger partial charge on any atom is 0.0547 e. The summed E-state index contributed by atoms with van der Waals surface area (Å²) < 4.78 is 0. The molecule has 0 unspecified atom stereocenters. The van der Waals surface area contributed by atoms with Crippen molar-refractivity contribution in [1.29, 1.82) is 0 Å². The Morgan fingerprint density at radius 1 is 1.30 bits per heavy atom. The van der Waals surface area contributed by atoms with Gasteiger partial charge in [-0.05, 0) is 19.1 Å². The van der Waals surface area contributed by atoms with Crippen molar-refractivity contribution in [2.75, 3.05) is 0 Å². The molecule has 2 aromatic rings. The average Bonchev–Trinajstić information content (AvgIpc) is 2.27. The quantitative estimate of drug-likeness (QED) is 0.560. The van der Waals surface area contributed by atoms with E-state index in [1.807, 2.05) is 19.1 Å². The Morgan fingerprint density at radius 3 is 2.90 bits per heavy atom. The van der Waals surface area contributed by atoms with Crippen LogP contribution in [-0.4, -0.2) is 4.98 Å². The van der Waals surface area contributed by atoms with Crippen LogP contribution >= 0.6 is 0 Å². The van der Waals surface area contributed by atoms with Crippen LogP contribution in [0.3, 0.4) is 0 Å². The van der Waals surface area contributed by atoms with Crippen LogP contribution < -0.4 is 0 Å². The lowest BCUT2D eigenvalue weighted by molar-refractivity contribution is 1.30. The van der Waals surface area contributed by atoms with Crippen LogP contribution in [0.2, 0.25) is 0 Å². The van der Waals surface area contributed by atoms with Crippen molar-refractivity contribution in [3.8, 4) is 0 Å². The Kier molecular flexibility index (Phi) is 0.956. The SMILES string of the molecule is Cc1cc2cc#ccc2[nH]1. The van der Waals surface area contributed by atoms with Gasteiger partial charge in [-0.3, -0.25) is 0 Å². The summed E-state index contributed by atoms with van der Waals surface area (Å²) >= 11 is 0. The molecule has 0 atom stereocenters. The van der Waals surface area contributed by atoms with Crippen LogP contribution in [0.4, 0.5) is 0 Å². The molecule has 0 saturated heterocycles. The fraction of sp³-hybridized carbons (Fsp3) is 0.111. The van der Waals surface area contributed by atoms with E-state index in [1.165, 1.54) is 11.1 Å². The highest BCUT2D eigenvalue weighted by Crippen LogP contribution is 2.10. The van der Waals surface area contributed by atoms with Crippen LogP contribution in [0.15, 0.2) is 18.2 Å². The van der Waals surface area contributed by atoms with E-state index in [0.717, 1.165) is 5.52 Å². The zero-order valence-electron chi connectivity index (χ0n) is 5.73. The fourth-order valence-corrected chi connectivity index (χ4v) is 1.10. The average molecular weight is 129 g/mol. The fourth-order valence-electron chi connectivity index (χ4n) is 1.10. The van der Waals surface area contributed by atoms with Crippen molar-refractivity contribution in [1.82, 2.24) is 4.98 Å². The lowest BCUT2D eigenvalue weighted by atomic mass is 10.3. The van der Waals surface area contributed by atoms with E-state index in [9.17, 15) is 0 Å². The molecule has 0 aliphatic heterocycles. The molecule has 1 heterocycles. The van der Waals surface area contributed by atoms with Gasteiger partial charge < -0.3 is 4.98 Å². The van der Waals surface area contributed by atoms with Gasteiger partial charge in [0.15, 0.2) is 0 Å². The van der Waals surface area contributed by atoms with Gasteiger partial charge in [0, 0.05) is 17.1 Å². The Labute approximate surface area is 59.7 Å². The standard InChI is InChI=1S/C9H7N/c1-7-6-8-4-2-3-5-9(8)10-7/h4-6,10H,1H3. The number of aryl methyl sites for hydroxylation is 1. The minimum atomic E-state index is 1.14. The second-order valence-electron chi connectivity index (χ2n) is 2.40. The second-order valence-corrected chi connectivity index (χ2v) is 2.40. The molecular formula is C9H7N. The highest BCUT2D eigenvalue weighted by molar-refractivity contribution is 5.79. The molecule has 0 bridgehead atoms. The van der Waals surface area contributed by atoms with Crippen molar-refractivity contribution in [3.05, 3.63) is 36.0 Å². The van der Waals surface area contributed by atoms with Gasteiger partial charge in [-0.15, -0.1) is 0 Å².